The van der Waals surface area contributed by atoms with Crippen LogP contribution in [0.2, 0.25) is 0 Å². The van der Waals surface area contributed by atoms with E-state index < -0.39 is 17.7 Å². The molecule has 1 amide bonds. The number of carbonyl (C=O) groups excluding carboxylic acids is 1. The largest absolute Gasteiger partial charge is 0.370 e. The van der Waals surface area contributed by atoms with Crippen LogP contribution >= 0.6 is 0 Å². The number of nitrogens with zero attached hydrogens (tertiary/aromatic N) is 2. The van der Waals surface area contributed by atoms with E-state index in [1.165, 1.54) is 6.07 Å². The second-order valence-electron chi connectivity index (χ2n) is 8.96. The highest BCUT2D eigenvalue weighted by Crippen LogP contribution is 2.39. The van der Waals surface area contributed by atoms with Gasteiger partial charge in [0.2, 0.25) is 5.91 Å². The minimum Gasteiger partial charge on any atom is -0.370 e. The summed E-state index contributed by atoms with van der Waals surface area (Å²) in [6.07, 6.45) is 2.20. The summed E-state index contributed by atoms with van der Waals surface area (Å²) in [5.74, 6) is 0.738. The Morgan fingerprint density at radius 3 is 2.46 bits per heavy atom. The number of ether oxygens (including phenoxy) is 1. The zero-order chi connectivity index (χ0) is 19.4. The van der Waals surface area contributed by atoms with Gasteiger partial charge in [-0.3, -0.25) is 9.69 Å². The summed E-state index contributed by atoms with van der Waals surface area (Å²) in [7, 11) is 0. The van der Waals surface area contributed by atoms with Crippen LogP contribution in [0.5, 0.6) is 0 Å². The van der Waals surface area contributed by atoms with E-state index in [0.29, 0.717) is 36.7 Å². The Kier molecular flexibility index (Phi) is 4.64. The Balaban J connectivity index is 1.19. The first-order valence-electron chi connectivity index (χ1n) is 10.3. The van der Waals surface area contributed by atoms with Gasteiger partial charge in [0.15, 0.2) is 0 Å². The van der Waals surface area contributed by atoms with Gasteiger partial charge in [0.05, 0.1) is 6.61 Å². The van der Waals surface area contributed by atoms with Crippen LogP contribution in [0.25, 0.3) is 0 Å². The molecule has 7 heteroatoms. The number of fused-ring (bicyclic) bond motifs is 1. The molecule has 4 fully saturated rings. The summed E-state index contributed by atoms with van der Waals surface area (Å²) in [4.78, 5) is 16.8. The molecule has 0 bridgehead atoms. The second-order valence-corrected chi connectivity index (χ2v) is 8.96. The van der Waals surface area contributed by atoms with Crippen LogP contribution in [-0.2, 0) is 9.53 Å². The molecule has 28 heavy (non-hydrogen) atoms. The lowest BCUT2D eigenvalue weighted by Crippen LogP contribution is -2.49. The van der Waals surface area contributed by atoms with E-state index in [4.69, 9.17) is 10.5 Å². The molecular formula is C21H27F2N3O2. The Morgan fingerprint density at radius 2 is 1.82 bits per heavy atom. The molecule has 1 aromatic carbocycles. The normalized spacial score (nSPS) is 36.0. The van der Waals surface area contributed by atoms with Crippen molar-refractivity contribution in [2.45, 2.75) is 37.5 Å². The SMILES string of the molecule is N[C@H]1C[C@@H](N2CC3CN(C(=O)C4CC4)CC3C2)CO[C@@H]1c1cc(F)ccc1F. The number of nitrogens with two attached hydrogens (primary N) is 1. The van der Waals surface area contributed by atoms with Crippen LogP contribution in [0.15, 0.2) is 18.2 Å². The topological polar surface area (TPSA) is 58.8 Å². The lowest BCUT2D eigenvalue weighted by Gasteiger charge is -2.39. The van der Waals surface area contributed by atoms with Gasteiger partial charge in [0, 0.05) is 49.7 Å². The van der Waals surface area contributed by atoms with E-state index in [1.807, 2.05) is 0 Å². The zero-order valence-corrected chi connectivity index (χ0v) is 15.9. The van der Waals surface area contributed by atoms with E-state index in [1.54, 1.807) is 0 Å². The van der Waals surface area contributed by atoms with Crippen molar-refractivity contribution in [2.75, 3.05) is 32.8 Å². The molecule has 5 atom stereocenters. The minimum absolute atomic E-state index is 0.195. The molecule has 2 unspecified atom stereocenters. The third-order valence-electron chi connectivity index (χ3n) is 6.94. The molecule has 2 N–H and O–H groups in total. The molecule has 3 saturated heterocycles. The average Bonchev–Trinajstić information content (AvgIpc) is 3.33. The van der Waals surface area contributed by atoms with Gasteiger partial charge in [-0.1, -0.05) is 0 Å². The molecule has 1 aromatic rings. The number of benzene rings is 1. The fourth-order valence-corrected chi connectivity index (χ4v) is 5.25. The monoisotopic (exact) mass is 391 g/mol. The van der Waals surface area contributed by atoms with Crippen molar-refractivity contribution >= 4 is 5.91 Å². The average molecular weight is 391 g/mol. The van der Waals surface area contributed by atoms with Gasteiger partial charge >= 0.3 is 0 Å². The quantitative estimate of drug-likeness (QED) is 0.855. The molecule has 152 valence electrons. The standard InChI is InChI=1S/C21H27F2N3O2/c22-15-3-4-18(23)17(5-15)20-19(24)6-16(11-28-20)25-7-13-9-26(10-14(13)8-25)21(27)12-1-2-12/h3-5,12-14,16,19-20H,1-2,6-11,24H2/t13?,14?,16-,19+,20-/m1/s1. The smallest absolute Gasteiger partial charge is 0.225 e. The Hall–Kier alpha value is -1.57. The maximum absolute atomic E-state index is 14.1. The fraction of sp³-hybridized carbons (Fsp3) is 0.667. The lowest BCUT2D eigenvalue weighted by atomic mass is 9.93. The van der Waals surface area contributed by atoms with Crippen molar-refractivity contribution < 1.29 is 18.3 Å². The van der Waals surface area contributed by atoms with Crippen LogP contribution < -0.4 is 5.73 Å². The van der Waals surface area contributed by atoms with Crippen molar-refractivity contribution in [3.8, 4) is 0 Å². The molecule has 5 rings (SSSR count). The molecular weight excluding hydrogens is 364 g/mol. The molecule has 0 radical (unpaired) electrons. The highest BCUT2D eigenvalue weighted by atomic mass is 19.1. The number of hydrogen-bond acceptors (Lipinski definition) is 4. The van der Waals surface area contributed by atoms with E-state index in [0.717, 1.165) is 51.2 Å². The van der Waals surface area contributed by atoms with E-state index >= 15 is 0 Å². The van der Waals surface area contributed by atoms with Crippen molar-refractivity contribution in [3.63, 3.8) is 0 Å². The van der Waals surface area contributed by atoms with Crippen molar-refractivity contribution in [2.24, 2.45) is 23.5 Å². The fourth-order valence-electron chi connectivity index (χ4n) is 5.25. The first-order valence-corrected chi connectivity index (χ1v) is 10.3. The number of rotatable bonds is 3. The Bertz CT molecular complexity index is 758. The molecule has 1 saturated carbocycles. The highest BCUT2D eigenvalue weighted by molar-refractivity contribution is 5.81. The molecule has 4 aliphatic rings. The third-order valence-corrected chi connectivity index (χ3v) is 6.94. The summed E-state index contributed by atoms with van der Waals surface area (Å²) < 4.78 is 33.5. The summed E-state index contributed by atoms with van der Waals surface area (Å²) >= 11 is 0. The highest BCUT2D eigenvalue weighted by Gasteiger charge is 2.46. The van der Waals surface area contributed by atoms with Gasteiger partial charge in [-0.15, -0.1) is 0 Å². The second kappa shape index (κ2) is 7.04. The van der Waals surface area contributed by atoms with E-state index in [2.05, 4.69) is 9.80 Å². The van der Waals surface area contributed by atoms with Crippen LogP contribution in [-0.4, -0.2) is 60.6 Å². The predicted molar refractivity (Wildman–Crippen MR) is 99.3 cm³/mol. The number of carbonyl (C=O) groups is 1. The molecule has 0 spiro atoms. The van der Waals surface area contributed by atoms with Crippen molar-refractivity contribution in [1.29, 1.82) is 0 Å². The first kappa shape index (κ1) is 18.5. The number of hydrogen-bond donors (Lipinski definition) is 1. The van der Waals surface area contributed by atoms with Gasteiger partial charge < -0.3 is 15.4 Å². The Morgan fingerprint density at radius 1 is 1.11 bits per heavy atom. The maximum Gasteiger partial charge on any atom is 0.225 e. The summed E-state index contributed by atoms with van der Waals surface area (Å²) in [6, 6.07) is 3.25. The summed E-state index contributed by atoms with van der Waals surface area (Å²) in [5, 5.41) is 0. The molecule has 3 heterocycles. The minimum atomic E-state index is -0.610. The summed E-state index contributed by atoms with van der Waals surface area (Å²) in [6.45, 7) is 4.12. The molecule has 3 aliphatic heterocycles. The maximum atomic E-state index is 14.1. The molecule has 1 aliphatic carbocycles. The number of halogens is 2. The van der Waals surface area contributed by atoms with E-state index in [9.17, 15) is 13.6 Å². The predicted octanol–water partition coefficient (Wildman–Crippen LogP) is 1.92. The van der Waals surface area contributed by atoms with Crippen LogP contribution in [0.3, 0.4) is 0 Å². The van der Waals surface area contributed by atoms with Crippen LogP contribution in [0.4, 0.5) is 8.78 Å². The van der Waals surface area contributed by atoms with Gasteiger partial charge in [-0.25, -0.2) is 8.78 Å². The Labute approximate surface area is 163 Å². The number of amides is 1. The van der Waals surface area contributed by atoms with E-state index in [-0.39, 0.29) is 17.6 Å². The summed E-state index contributed by atoms with van der Waals surface area (Å²) in [5.41, 5.74) is 6.52. The lowest BCUT2D eigenvalue weighted by molar-refractivity contribution is -0.131. The van der Waals surface area contributed by atoms with Gasteiger partial charge in [-0.2, -0.15) is 0 Å². The third kappa shape index (κ3) is 3.33. The van der Waals surface area contributed by atoms with Crippen molar-refractivity contribution in [3.05, 3.63) is 35.4 Å². The van der Waals surface area contributed by atoms with Crippen LogP contribution in [0, 0.1) is 29.4 Å². The van der Waals surface area contributed by atoms with Gasteiger partial charge in [0.25, 0.3) is 0 Å². The first-order chi connectivity index (χ1) is 13.5. The molecule has 5 nitrogen and oxygen atoms in total. The van der Waals surface area contributed by atoms with Crippen molar-refractivity contribution in [1.82, 2.24) is 9.80 Å². The van der Waals surface area contributed by atoms with Gasteiger partial charge in [-0.05, 0) is 49.3 Å². The zero-order valence-electron chi connectivity index (χ0n) is 15.9. The molecule has 0 aromatic heterocycles. The van der Waals surface area contributed by atoms with Gasteiger partial charge in [0.1, 0.15) is 17.7 Å². The van der Waals surface area contributed by atoms with Crippen LogP contribution in [0.1, 0.15) is 30.9 Å². The number of likely N-dealkylation sites (tertiary alicyclic amines) is 2.